The highest BCUT2D eigenvalue weighted by Gasteiger charge is 2.51. The van der Waals surface area contributed by atoms with Crippen LogP contribution in [0.15, 0.2) is 72.8 Å². The van der Waals surface area contributed by atoms with Crippen molar-refractivity contribution in [3.63, 3.8) is 0 Å². The van der Waals surface area contributed by atoms with Gasteiger partial charge in [0.25, 0.3) is 0 Å². The average molecular weight is 305 g/mol. The number of hydrogen-bond acceptors (Lipinski definition) is 0. The van der Waals surface area contributed by atoms with E-state index in [0.29, 0.717) is 0 Å². The summed E-state index contributed by atoms with van der Waals surface area (Å²) in [5.74, 6) is 1.66. The molecule has 0 spiro atoms. The summed E-state index contributed by atoms with van der Waals surface area (Å²) < 4.78 is 0. The molecule has 0 saturated heterocycles. The van der Waals surface area contributed by atoms with E-state index in [-0.39, 0.29) is 0 Å². The third-order valence-electron chi connectivity index (χ3n) is 6.05. The van der Waals surface area contributed by atoms with Gasteiger partial charge in [0.15, 0.2) is 0 Å². The molecule has 3 unspecified atom stereocenters. The predicted molar refractivity (Wildman–Crippen MR) is 97.5 cm³/mol. The summed E-state index contributed by atoms with van der Waals surface area (Å²) in [7, 11) is -1.69. The molecule has 3 atom stereocenters. The molecule has 2 aromatic rings. The van der Waals surface area contributed by atoms with Crippen molar-refractivity contribution in [3.05, 3.63) is 72.8 Å². The van der Waals surface area contributed by atoms with E-state index >= 15 is 0 Å². The first-order chi connectivity index (χ1) is 10.8. The molecule has 0 N–H and O–H groups in total. The Kier molecular flexibility index (Phi) is 3.54. The highest BCUT2D eigenvalue weighted by molar-refractivity contribution is 7.03. The molecule has 2 bridgehead atoms. The molecule has 2 aromatic carbocycles. The molecule has 1 fully saturated rings. The normalized spacial score (nSPS) is 26.5. The zero-order valence-electron chi connectivity index (χ0n) is 13.3. The molecule has 0 aliphatic heterocycles. The van der Waals surface area contributed by atoms with Crippen molar-refractivity contribution in [1.82, 2.24) is 0 Å². The Morgan fingerprint density at radius 3 is 1.82 bits per heavy atom. The van der Waals surface area contributed by atoms with Crippen molar-refractivity contribution in [2.24, 2.45) is 11.8 Å². The lowest BCUT2D eigenvalue weighted by Gasteiger charge is -2.41. The van der Waals surface area contributed by atoms with E-state index in [0.717, 1.165) is 17.4 Å². The minimum absolute atomic E-state index is 0.817. The van der Waals surface area contributed by atoms with Crippen LogP contribution in [-0.2, 0) is 0 Å². The maximum atomic E-state index is 2.53. The van der Waals surface area contributed by atoms with Crippen LogP contribution in [0.5, 0.6) is 0 Å². The van der Waals surface area contributed by atoms with Crippen molar-refractivity contribution in [2.75, 3.05) is 0 Å². The van der Waals surface area contributed by atoms with Gasteiger partial charge in [0.05, 0.1) is 0 Å². The second kappa shape index (κ2) is 5.55. The Balaban J connectivity index is 1.89. The van der Waals surface area contributed by atoms with Crippen LogP contribution >= 0.6 is 0 Å². The van der Waals surface area contributed by atoms with Crippen LogP contribution in [0.2, 0.25) is 11.6 Å². The number of allylic oxidation sites excluding steroid dienone is 2. The van der Waals surface area contributed by atoms with Gasteiger partial charge in [-0.15, -0.1) is 0 Å². The first kappa shape index (κ1) is 14.0. The van der Waals surface area contributed by atoms with Gasteiger partial charge in [0.2, 0.25) is 0 Å². The standard InChI is InChI=1S/C21H24Si/c1-2-22(19-9-5-3-6-10-19,20-11-7-4-8-12-20)21-16-17-13-14-18(21)15-17/h3-14,17-18,21H,2,15-16H2,1H3. The van der Waals surface area contributed by atoms with Gasteiger partial charge < -0.3 is 0 Å². The molecule has 0 heterocycles. The van der Waals surface area contributed by atoms with E-state index < -0.39 is 8.07 Å². The molecule has 0 amide bonds. The van der Waals surface area contributed by atoms with Gasteiger partial charge in [0, 0.05) is 0 Å². The molecule has 2 aliphatic carbocycles. The van der Waals surface area contributed by atoms with Crippen molar-refractivity contribution >= 4 is 18.4 Å². The maximum absolute atomic E-state index is 2.53. The number of benzene rings is 2. The maximum Gasteiger partial charge on any atom is 0.121 e. The van der Waals surface area contributed by atoms with Crippen molar-refractivity contribution in [2.45, 2.75) is 31.4 Å². The Morgan fingerprint density at radius 2 is 1.41 bits per heavy atom. The monoisotopic (exact) mass is 304 g/mol. The van der Waals surface area contributed by atoms with Gasteiger partial charge in [-0.1, -0.05) is 96.2 Å². The summed E-state index contributed by atoms with van der Waals surface area (Å²) in [5, 5.41) is 3.27. The number of hydrogen-bond donors (Lipinski definition) is 0. The van der Waals surface area contributed by atoms with E-state index in [4.69, 9.17) is 0 Å². The molecule has 4 rings (SSSR count). The van der Waals surface area contributed by atoms with Crippen LogP contribution in [-0.4, -0.2) is 8.07 Å². The average Bonchev–Trinajstić information content (AvgIpc) is 3.22. The van der Waals surface area contributed by atoms with E-state index in [1.54, 1.807) is 10.4 Å². The van der Waals surface area contributed by atoms with Crippen molar-refractivity contribution in [3.8, 4) is 0 Å². The van der Waals surface area contributed by atoms with Crippen LogP contribution in [0.4, 0.5) is 0 Å². The summed E-state index contributed by atoms with van der Waals surface area (Å²) in [4.78, 5) is 0. The van der Waals surface area contributed by atoms with Crippen LogP contribution in [0, 0.1) is 11.8 Å². The Labute approximate surface area is 134 Å². The predicted octanol–water partition coefficient (Wildman–Crippen LogP) is 4.24. The Morgan fingerprint density at radius 1 is 0.818 bits per heavy atom. The van der Waals surface area contributed by atoms with Gasteiger partial charge in [-0.2, -0.15) is 0 Å². The topological polar surface area (TPSA) is 0 Å². The van der Waals surface area contributed by atoms with E-state index in [1.165, 1.54) is 18.9 Å². The molecule has 1 heteroatoms. The van der Waals surface area contributed by atoms with E-state index in [2.05, 4.69) is 79.7 Å². The lowest BCUT2D eigenvalue weighted by molar-refractivity contribution is 0.677. The fourth-order valence-electron chi connectivity index (χ4n) is 5.08. The highest BCUT2D eigenvalue weighted by Crippen LogP contribution is 2.52. The Bertz CT molecular complexity index is 619. The lowest BCUT2D eigenvalue weighted by atomic mass is 10.1. The molecule has 112 valence electrons. The van der Waals surface area contributed by atoms with Gasteiger partial charge in [-0.25, -0.2) is 0 Å². The van der Waals surface area contributed by atoms with Crippen LogP contribution in [0.1, 0.15) is 19.8 Å². The van der Waals surface area contributed by atoms with Gasteiger partial charge in [-0.3, -0.25) is 0 Å². The molecule has 0 aromatic heterocycles. The van der Waals surface area contributed by atoms with Crippen LogP contribution < -0.4 is 10.4 Å². The zero-order valence-corrected chi connectivity index (χ0v) is 14.3. The minimum atomic E-state index is -1.69. The van der Waals surface area contributed by atoms with Crippen molar-refractivity contribution < 1.29 is 0 Å². The molecule has 2 aliphatic rings. The van der Waals surface area contributed by atoms with Gasteiger partial charge >= 0.3 is 0 Å². The number of rotatable bonds is 4. The third-order valence-corrected chi connectivity index (χ3v) is 11.8. The smallest absolute Gasteiger partial charge is 0.0851 e. The lowest BCUT2D eigenvalue weighted by Crippen LogP contribution is -2.61. The van der Waals surface area contributed by atoms with Crippen molar-refractivity contribution in [1.29, 1.82) is 0 Å². The summed E-state index contributed by atoms with van der Waals surface area (Å²) in [6.07, 6.45) is 7.82. The second-order valence-electron chi connectivity index (χ2n) is 6.94. The van der Waals surface area contributed by atoms with E-state index in [9.17, 15) is 0 Å². The quantitative estimate of drug-likeness (QED) is 0.585. The SMILES string of the molecule is CC[Si](c1ccccc1)(c1ccccc1)C1CC2C=CC1C2. The summed E-state index contributed by atoms with van der Waals surface area (Å²) in [6, 6.07) is 24.2. The van der Waals surface area contributed by atoms with E-state index in [1.807, 2.05) is 0 Å². The molecular formula is C21H24Si. The van der Waals surface area contributed by atoms with Gasteiger partial charge in [0.1, 0.15) is 8.07 Å². The van der Waals surface area contributed by atoms with Gasteiger partial charge in [-0.05, 0) is 30.2 Å². The van der Waals surface area contributed by atoms with Crippen LogP contribution in [0.3, 0.4) is 0 Å². The summed E-state index contributed by atoms with van der Waals surface area (Å²) >= 11 is 0. The molecule has 1 saturated carbocycles. The molecule has 0 nitrogen and oxygen atoms in total. The minimum Gasteiger partial charge on any atom is -0.0851 e. The second-order valence-corrected chi connectivity index (χ2v) is 11.5. The molecule has 0 radical (unpaired) electrons. The first-order valence-corrected chi connectivity index (χ1v) is 10.9. The highest BCUT2D eigenvalue weighted by atomic mass is 28.3. The number of fused-ring (bicyclic) bond motifs is 2. The largest absolute Gasteiger partial charge is 0.121 e. The zero-order chi connectivity index (χ0) is 15.0. The van der Waals surface area contributed by atoms with Crippen LogP contribution in [0.25, 0.3) is 0 Å². The third kappa shape index (κ3) is 2.03. The fraction of sp³-hybridized carbons (Fsp3) is 0.333. The first-order valence-electron chi connectivity index (χ1n) is 8.64. The Hall–Kier alpha value is -1.60. The summed E-state index contributed by atoms with van der Waals surface area (Å²) in [6.45, 7) is 2.43. The molecular weight excluding hydrogens is 280 g/mol. The summed E-state index contributed by atoms with van der Waals surface area (Å²) in [5.41, 5.74) is 0.872. The fourth-order valence-corrected chi connectivity index (χ4v) is 10.9. The molecule has 22 heavy (non-hydrogen) atoms.